The fraction of sp³-hybridized carbons (Fsp3) is 0.929. The second kappa shape index (κ2) is 6.41. The normalized spacial score (nSPS) is 26.4. The quantitative estimate of drug-likeness (QED) is 0.814. The van der Waals surface area contributed by atoms with E-state index < -0.39 is 0 Å². The van der Waals surface area contributed by atoms with E-state index in [9.17, 15) is 4.79 Å². The molecule has 0 aliphatic carbocycles. The van der Waals surface area contributed by atoms with Crippen molar-refractivity contribution in [1.29, 1.82) is 0 Å². The largest absolute Gasteiger partial charge is 0.325 e. The van der Waals surface area contributed by atoms with E-state index in [1.807, 2.05) is 7.05 Å². The fourth-order valence-corrected chi connectivity index (χ4v) is 3.09. The molecule has 0 aromatic heterocycles. The number of hydrogen-bond acceptors (Lipinski definition) is 2. The molecule has 0 aromatic carbocycles. The van der Waals surface area contributed by atoms with Crippen molar-refractivity contribution < 1.29 is 4.79 Å². The van der Waals surface area contributed by atoms with Gasteiger partial charge in [0.05, 0.1) is 0 Å². The van der Waals surface area contributed by atoms with Crippen LogP contribution in [0.3, 0.4) is 0 Å². The lowest BCUT2D eigenvalue weighted by Gasteiger charge is -2.38. The molecule has 4 heteroatoms. The fourth-order valence-electron chi connectivity index (χ4n) is 3.09. The van der Waals surface area contributed by atoms with Gasteiger partial charge < -0.3 is 15.1 Å². The van der Waals surface area contributed by atoms with Gasteiger partial charge in [0, 0.05) is 26.2 Å². The first-order valence-corrected chi connectivity index (χ1v) is 7.39. The number of rotatable bonds is 2. The highest BCUT2D eigenvalue weighted by molar-refractivity contribution is 5.74. The lowest BCUT2D eigenvalue weighted by Crippen LogP contribution is -2.50. The second-order valence-corrected chi connectivity index (χ2v) is 5.96. The molecule has 2 amide bonds. The average Bonchev–Trinajstić information content (AvgIpc) is 2.39. The lowest BCUT2D eigenvalue weighted by molar-refractivity contribution is 0.114. The maximum atomic E-state index is 12.4. The highest BCUT2D eigenvalue weighted by Crippen LogP contribution is 2.21. The van der Waals surface area contributed by atoms with Gasteiger partial charge in [0.1, 0.15) is 0 Å². The summed E-state index contributed by atoms with van der Waals surface area (Å²) in [6.45, 7) is 7.10. The summed E-state index contributed by atoms with van der Waals surface area (Å²) in [6.07, 6.45) is 4.74. The summed E-state index contributed by atoms with van der Waals surface area (Å²) in [5.41, 5.74) is 0. The van der Waals surface area contributed by atoms with Gasteiger partial charge in [-0.2, -0.15) is 0 Å². The standard InChI is InChI=1S/C14H27N3O/c1-12-5-8-16(9-6-12)14(18)17-7-3-4-13(11-17)10-15-2/h12-13,15H,3-11H2,1-2H3. The Balaban J connectivity index is 1.84. The van der Waals surface area contributed by atoms with Crippen LogP contribution in [-0.4, -0.2) is 55.6 Å². The SMILES string of the molecule is CNCC1CCCN(C(=O)N2CCC(C)CC2)C1. The van der Waals surface area contributed by atoms with E-state index in [0.717, 1.165) is 45.1 Å². The van der Waals surface area contributed by atoms with Crippen LogP contribution in [0.15, 0.2) is 0 Å². The molecule has 2 rings (SSSR count). The number of carbonyl (C=O) groups is 1. The third-order valence-corrected chi connectivity index (χ3v) is 4.34. The molecule has 1 unspecified atom stereocenters. The Morgan fingerprint density at radius 3 is 2.56 bits per heavy atom. The first kappa shape index (κ1) is 13.7. The van der Waals surface area contributed by atoms with Crippen molar-refractivity contribution in [3.8, 4) is 0 Å². The summed E-state index contributed by atoms with van der Waals surface area (Å²) in [4.78, 5) is 16.6. The van der Waals surface area contributed by atoms with E-state index in [2.05, 4.69) is 22.0 Å². The second-order valence-electron chi connectivity index (χ2n) is 5.96. The van der Waals surface area contributed by atoms with Crippen LogP contribution in [0.4, 0.5) is 4.79 Å². The van der Waals surface area contributed by atoms with Gasteiger partial charge in [0.25, 0.3) is 0 Å². The zero-order valence-electron chi connectivity index (χ0n) is 11.8. The van der Waals surface area contributed by atoms with Crippen LogP contribution in [-0.2, 0) is 0 Å². The number of nitrogens with zero attached hydrogens (tertiary/aromatic N) is 2. The molecule has 1 N–H and O–H groups in total. The smallest absolute Gasteiger partial charge is 0.320 e. The van der Waals surface area contributed by atoms with Crippen molar-refractivity contribution in [3.63, 3.8) is 0 Å². The molecule has 2 aliphatic rings. The van der Waals surface area contributed by atoms with Crippen molar-refractivity contribution in [2.45, 2.75) is 32.6 Å². The zero-order chi connectivity index (χ0) is 13.0. The number of piperidine rings is 2. The van der Waals surface area contributed by atoms with Gasteiger partial charge >= 0.3 is 6.03 Å². The predicted molar refractivity (Wildman–Crippen MR) is 73.6 cm³/mol. The Bertz CT molecular complexity index is 272. The number of hydrogen-bond donors (Lipinski definition) is 1. The van der Waals surface area contributed by atoms with Gasteiger partial charge in [-0.3, -0.25) is 0 Å². The van der Waals surface area contributed by atoms with Crippen LogP contribution in [0.1, 0.15) is 32.6 Å². The first-order chi connectivity index (χ1) is 8.70. The Kier molecular flexibility index (Phi) is 4.87. The van der Waals surface area contributed by atoms with Crippen LogP contribution < -0.4 is 5.32 Å². The number of urea groups is 1. The number of carbonyl (C=O) groups excluding carboxylic acids is 1. The number of amides is 2. The van der Waals surface area contributed by atoms with Gasteiger partial charge in [-0.25, -0.2) is 4.79 Å². The topological polar surface area (TPSA) is 35.6 Å². The summed E-state index contributed by atoms with van der Waals surface area (Å²) in [6, 6.07) is 0.280. The van der Waals surface area contributed by atoms with Gasteiger partial charge in [-0.05, 0) is 51.1 Å². The molecule has 0 radical (unpaired) electrons. The van der Waals surface area contributed by atoms with Crippen LogP contribution in [0, 0.1) is 11.8 Å². The molecule has 0 bridgehead atoms. The Labute approximate surface area is 111 Å². The maximum absolute atomic E-state index is 12.4. The van der Waals surface area contributed by atoms with Crippen molar-refractivity contribution >= 4 is 6.03 Å². The minimum absolute atomic E-state index is 0.280. The lowest BCUT2D eigenvalue weighted by atomic mass is 9.97. The van der Waals surface area contributed by atoms with E-state index in [0.29, 0.717) is 5.92 Å². The van der Waals surface area contributed by atoms with Gasteiger partial charge in [0.15, 0.2) is 0 Å². The first-order valence-electron chi connectivity index (χ1n) is 7.39. The summed E-state index contributed by atoms with van der Waals surface area (Å²) < 4.78 is 0. The molecule has 2 saturated heterocycles. The molecule has 0 aromatic rings. The number of nitrogens with one attached hydrogen (secondary N) is 1. The van der Waals surface area contributed by atoms with E-state index in [1.54, 1.807) is 0 Å². The molecule has 4 nitrogen and oxygen atoms in total. The van der Waals surface area contributed by atoms with Crippen LogP contribution in [0.2, 0.25) is 0 Å². The van der Waals surface area contributed by atoms with Crippen molar-refractivity contribution in [3.05, 3.63) is 0 Å². The third-order valence-electron chi connectivity index (χ3n) is 4.34. The van der Waals surface area contributed by atoms with Gasteiger partial charge in [0.2, 0.25) is 0 Å². The summed E-state index contributed by atoms with van der Waals surface area (Å²) in [5, 5.41) is 3.23. The maximum Gasteiger partial charge on any atom is 0.320 e. The van der Waals surface area contributed by atoms with Crippen LogP contribution in [0.5, 0.6) is 0 Å². The highest BCUT2D eigenvalue weighted by atomic mass is 16.2. The van der Waals surface area contributed by atoms with E-state index in [1.165, 1.54) is 19.3 Å². The average molecular weight is 253 g/mol. The molecule has 0 saturated carbocycles. The summed E-state index contributed by atoms with van der Waals surface area (Å²) >= 11 is 0. The van der Waals surface area contributed by atoms with Crippen molar-refractivity contribution in [1.82, 2.24) is 15.1 Å². The van der Waals surface area contributed by atoms with E-state index in [4.69, 9.17) is 0 Å². The summed E-state index contributed by atoms with van der Waals surface area (Å²) in [5.74, 6) is 1.42. The van der Waals surface area contributed by atoms with E-state index in [-0.39, 0.29) is 6.03 Å². The van der Waals surface area contributed by atoms with Gasteiger partial charge in [-0.1, -0.05) is 6.92 Å². The molecule has 2 heterocycles. The molecule has 2 aliphatic heterocycles. The van der Waals surface area contributed by atoms with Crippen molar-refractivity contribution in [2.75, 3.05) is 39.8 Å². The highest BCUT2D eigenvalue weighted by Gasteiger charge is 2.28. The molecule has 18 heavy (non-hydrogen) atoms. The Morgan fingerprint density at radius 2 is 1.89 bits per heavy atom. The molecular formula is C14H27N3O. The molecular weight excluding hydrogens is 226 g/mol. The van der Waals surface area contributed by atoms with Crippen molar-refractivity contribution in [2.24, 2.45) is 11.8 Å². The number of likely N-dealkylation sites (tertiary alicyclic amines) is 2. The monoisotopic (exact) mass is 253 g/mol. The van der Waals surface area contributed by atoms with Crippen LogP contribution in [0.25, 0.3) is 0 Å². The van der Waals surface area contributed by atoms with Gasteiger partial charge in [-0.15, -0.1) is 0 Å². The Morgan fingerprint density at radius 1 is 1.17 bits per heavy atom. The van der Waals surface area contributed by atoms with Crippen LogP contribution >= 0.6 is 0 Å². The molecule has 2 fully saturated rings. The zero-order valence-corrected chi connectivity index (χ0v) is 11.8. The minimum Gasteiger partial charge on any atom is -0.325 e. The molecule has 104 valence electrons. The third kappa shape index (κ3) is 3.37. The summed E-state index contributed by atoms with van der Waals surface area (Å²) in [7, 11) is 1.99. The minimum atomic E-state index is 0.280. The molecule has 0 spiro atoms. The Hall–Kier alpha value is -0.770. The predicted octanol–water partition coefficient (Wildman–Crippen LogP) is 1.77. The van der Waals surface area contributed by atoms with E-state index >= 15 is 0 Å². The molecule has 1 atom stereocenters.